The van der Waals surface area contributed by atoms with Gasteiger partial charge in [0.1, 0.15) is 18.0 Å². The van der Waals surface area contributed by atoms with Crippen LogP contribution in [0, 0.1) is 11.8 Å². The zero-order valence-electron chi connectivity index (χ0n) is 21.0. The molecule has 2 rings (SSSR count). The number of aromatic nitrogens is 1. The van der Waals surface area contributed by atoms with E-state index in [4.69, 9.17) is 23.7 Å². The zero-order chi connectivity index (χ0) is 26.0. The highest BCUT2D eigenvalue weighted by molar-refractivity contribution is 5.99. The van der Waals surface area contributed by atoms with Crippen molar-refractivity contribution in [3.63, 3.8) is 0 Å². The van der Waals surface area contributed by atoms with E-state index in [-0.39, 0.29) is 35.6 Å². The van der Waals surface area contributed by atoms with E-state index in [1.54, 1.807) is 13.8 Å². The molecule has 0 saturated carbocycles. The van der Waals surface area contributed by atoms with Crippen LogP contribution >= 0.6 is 0 Å². The first kappa shape index (κ1) is 27.6. The smallest absolute Gasteiger partial charge is 0.309 e. The van der Waals surface area contributed by atoms with E-state index in [1.165, 1.54) is 26.3 Å². The molecule has 0 fully saturated rings. The Kier molecular flexibility index (Phi) is 10.5. The van der Waals surface area contributed by atoms with Crippen LogP contribution in [0.5, 0.6) is 17.2 Å². The highest BCUT2D eigenvalue weighted by atomic mass is 16.7. The molecule has 35 heavy (non-hydrogen) atoms. The fourth-order valence-electron chi connectivity index (χ4n) is 3.36. The van der Waals surface area contributed by atoms with Crippen LogP contribution < -0.4 is 14.2 Å². The van der Waals surface area contributed by atoms with Crippen molar-refractivity contribution in [2.75, 3.05) is 13.9 Å². The molecule has 0 spiro atoms. The molecular weight excluding hydrogens is 454 g/mol. The highest BCUT2D eigenvalue weighted by Crippen LogP contribution is 2.31. The lowest BCUT2D eigenvalue weighted by atomic mass is 10.0. The number of carbonyl (C=O) groups excluding carboxylic acids is 3. The Morgan fingerprint density at radius 1 is 1.00 bits per heavy atom. The van der Waals surface area contributed by atoms with Crippen LogP contribution in [0.25, 0.3) is 0 Å². The minimum Gasteiger partial charge on any atom is -0.493 e. The van der Waals surface area contributed by atoms with Gasteiger partial charge in [-0.1, -0.05) is 39.0 Å². The Morgan fingerprint density at radius 3 is 2.29 bits per heavy atom. The molecule has 1 aromatic carbocycles. The predicted molar refractivity (Wildman–Crippen MR) is 127 cm³/mol. The Hall–Kier alpha value is -3.62. The lowest BCUT2D eigenvalue weighted by Gasteiger charge is -2.29. The molecule has 0 aliphatic heterocycles. The summed E-state index contributed by atoms with van der Waals surface area (Å²) in [6.45, 7) is 8.16. The summed E-state index contributed by atoms with van der Waals surface area (Å²) < 4.78 is 27.2. The summed E-state index contributed by atoms with van der Waals surface area (Å²) >= 11 is 0. The number of nitrogens with zero attached hydrogens (tertiary/aromatic N) is 1. The maximum atomic E-state index is 13.0. The normalized spacial score (nSPS) is 13.3. The molecular formula is C26H33NO8. The molecule has 0 aliphatic carbocycles. The van der Waals surface area contributed by atoms with Crippen molar-refractivity contribution < 1.29 is 38.1 Å². The van der Waals surface area contributed by atoms with Crippen LogP contribution in [0.15, 0.2) is 42.6 Å². The van der Waals surface area contributed by atoms with E-state index in [0.29, 0.717) is 5.75 Å². The predicted octanol–water partition coefficient (Wildman–Crippen LogP) is 4.23. The first-order chi connectivity index (χ1) is 16.6. The van der Waals surface area contributed by atoms with E-state index in [2.05, 4.69) is 4.98 Å². The van der Waals surface area contributed by atoms with Crippen molar-refractivity contribution in [3.05, 3.63) is 48.3 Å². The maximum absolute atomic E-state index is 13.0. The van der Waals surface area contributed by atoms with Crippen LogP contribution in [-0.2, 0) is 19.1 Å². The molecule has 3 atom stereocenters. The standard InChI is InChI=1S/C26H33NO8/c1-16(2)24(35-20-10-8-7-9-11-20)18(4)34-26(30)17(3)14-21(29)23-25(33-15-32-19(5)28)22(31-6)12-13-27-23/h7-13,16-18,24H,14-15H2,1-6H3/t17-,18+,24+/m0/s1. The third-order valence-corrected chi connectivity index (χ3v) is 5.15. The van der Waals surface area contributed by atoms with Crippen LogP contribution in [0.2, 0.25) is 0 Å². The summed E-state index contributed by atoms with van der Waals surface area (Å²) in [7, 11) is 1.41. The number of benzene rings is 1. The largest absolute Gasteiger partial charge is 0.493 e. The van der Waals surface area contributed by atoms with Crippen molar-refractivity contribution in [1.29, 1.82) is 0 Å². The first-order valence-electron chi connectivity index (χ1n) is 11.4. The van der Waals surface area contributed by atoms with Gasteiger partial charge in [0, 0.05) is 25.6 Å². The number of carbonyl (C=O) groups is 3. The average Bonchev–Trinajstić information content (AvgIpc) is 2.82. The Bertz CT molecular complexity index is 992. The van der Waals surface area contributed by atoms with E-state index < -0.39 is 36.5 Å². The van der Waals surface area contributed by atoms with Crippen LogP contribution in [-0.4, -0.2) is 48.8 Å². The summed E-state index contributed by atoms with van der Waals surface area (Å²) in [5, 5.41) is 0. The molecule has 190 valence electrons. The van der Waals surface area contributed by atoms with E-state index in [9.17, 15) is 14.4 Å². The van der Waals surface area contributed by atoms with Crippen molar-refractivity contribution >= 4 is 17.7 Å². The fourth-order valence-corrected chi connectivity index (χ4v) is 3.36. The molecule has 0 amide bonds. The third-order valence-electron chi connectivity index (χ3n) is 5.15. The first-order valence-corrected chi connectivity index (χ1v) is 11.4. The quantitative estimate of drug-likeness (QED) is 0.233. The van der Waals surface area contributed by atoms with E-state index >= 15 is 0 Å². The number of Topliss-reactive ketones (excluding diaryl/α,β-unsaturated/α-hetero) is 1. The van der Waals surface area contributed by atoms with Gasteiger partial charge in [0.2, 0.25) is 6.79 Å². The number of pyridine rings is 1. The van der Waals surface area contributed by atoms with Gasteiger partial charge in [-0.25, -0.2) is 4.98 Å². The molecule has 0 unspecified atom stereocenters. The number of hydrogen-bond acceptors (Lipinski definition) is 9. The number of ether oxygens (including phenoxy) is 5. The van der Waals surface area contributed by atoms with Crippen molar-refractivity contribution in [2.45, 2.75) is 53.2 Å². The molecule has 2 aromatic rings. The van der Waals surface area contributed by atoms with Gasteiger partial charge >= 0.3 is 11.9 Å². The average molecular weight is 488 g/mol. The number of esters is 2. The van der Waals surface area contributed by atoms with Crippen LogP contribution in [0.1, 0.15) is 51.5 Å². The Labute approximate surface area is 205 Å². The second-order valence-corrected chi connectivity index (χ2v) is 8.40. The summed E-state index contributed by atoms with van der Waals surface area (Å²) in [6, 6.07) is 10.8. The second kappa shape index (κ2) is 13.3. The fraction of sp³-hybridized carbons (Fsp3) is 0.462. The summed E-state index contributed by atoms with van der Waals surface area (Å²) in [6.07, 6.45) is 0.314. The number of para-hydroxylation sites is 1. The Morgan fingerprint density at radius 2 is 1.69 bits per heavy atom. The topological polar surface area (TPSA) is 110 Å². The van der Waals surface area contributed by atoms with E-state index in [0.717, 1.165) is 0 Å². The van der Waals surface area contributed by atoms with Crippen molar-refractivity contribution in [2.24, 2.45) is 11.8 Å². The monoisotopic (exact) mass is 487 g/mol. The molecule has 9 heteroatoms. The molecule has 1 aromatic heterocycles. The van der Waals surface area contributed by atoms with Crippen molar-refractivity contribution in [3.8, 4) is 17.2 Å². The number of rotatable bonds is 13. The number of methoxy groups -OCH3 is 1. The molecule has 1 heterocycles. The van der Waals surface area contributed by atoms with Gasteiger partial charge in [-0.2, -0.15) is 0 Å². The zero-order valence-corrected chi connectivity index (χ0v) is 21.0. The third kappa shape index (κ3) is 8.27. The van der Waals surface area contributed by atoms with Crippen LogP contribution in [0.4, 0.5) is 0 Å². The highest BCUT2D eigenvalue weighted by Gasteiger charge is 2.30. The van der Waals surface area contributed by atoms with Gasteiger partial charge in [-0.3, -0.25) is 14.4 Å². The summed E-state index contributed by atoms with van der Waals surface area (Å²) in [5.41, 5.74) is -0.0309. The van der Waals surface area contributed by atoms with Gasteiger partial charge in [-0.15, -0.1) is 0 Å². The molecule has 0 aliphatic rings. The molecule has 0 bridgehead atoms. The minimum atomic E-state index is -0.746. The summed E-state index contributed by atoms with van der Waals surface area (Å²) in [5.74, 6) is -1.22. The second-order valence-electron chi connectivity index (χ2n) is 8.40. The number of ketones is 1. The summed E-state index contributed by atoms with van der Waals surface area (Å²) in [4.78, 5) is 40.9. The molecule has 0 N–H and O–H groups in total. The Balaban J connectivity index is 2.06. The lowest BCUT2D eigenvalue weighted by molar-refractivity contribution is -0.158. The number of hydrogen-bond donors (Lipinski definition) is 0. The minimum absolute atomic E-state index is 0.0309. The molecule has 9 nitrogen and oxygen atoms in total. The van der Waals surface area contributed by atoms with Gasteiger partial charge in [0.25, 0.3) is 0 Å². The van der Waals surface area contributed by atoms with Gasteiger partial charge < -0.3 is 23.7 Å². The van der Waals surface area contributed by atoms with Crippen molar-refractivity contribution in [1.82, 2.24) is 4.98 Å². The maximum Gasteiger partial charge on any atom is 0.309 e. The van der Waals surface area contributed by atoms with Gasteiger partial charge in [0.05, 0.1) is 13.0 Å². The van der Waals surface area contributed by atoms with E-state index in [1.807, 2.05) is 44.2 Å². The van der Waals surface area contributed by atoms with Gasteiger partial charge in [0.15, 0.2) is 23.0 Å². The molecule has 0 radical (unpaired) electrons. The molecule has 0 saturated heterocycles. The lowest BCUT2D eigenvalue weighted by Crippen LogP contribution is -2.38. The van der Waals surface area contributed by atoms with Crippen LogP contribution in [0.3, 0.4) is 0 Å². The van der Waals surface area contributed by atoms with Gasteiger partial charge in [-0.05, 0) is 25.0 Å². The SMILES string of the molecule is COc1ccnc(C(=O)C[C@H](C)C(=O)O[C@H](C)[C@H](Oc2ccccc2)C(C)C)c1OCOC(C)=O.